The van der Waals surface area contributed by atoms with E-state index in [-0.39, 0.29) is 29.4 Å². The zero-order valence-corrected chi connectivity index (χ0v) is 14.5. The smallest absolute Gasteiger partial charge is 0.395 e. The zero-order chi connectivity index (χ0) is 19.7. The van der Waals surface area contributed by atoms with E-state index in [0.29, 0.717) is 35.3 Å². The fourth-order valence-electron chi connectivity index (χ4n) is 2.92. The topological polar surface area (TPSA) is 93.3 Å². The van der Waals surface area contributed by atoms with Crippen molar-refractivity contribution in [3.8, 4) is 11.5 Å². The summed E-state index contributed by atoms with van der Waals surface area (Å²) >= 11 is 0. The van der Waals surface area contributed by atoms with Gasteiger partial charge < -0.3 is 19.8 Å². The van der Waals surface area contributed by atoms with E-state index in [4.69, 9.17) is 0 Å². The van der Waals surface area contributed by atoms with Gasteiger partial charge in [-0.15, -0.1) is 8.78 Å². The van der Waals surface area contributed by atoms with Crippen LogP contribution in [-0.4, -0.2) is 22.2 Å². The predicted octanol–water partition coefficient (Wildman–Crippen LogP) is 3.21. The lowest BCUT2D eigenvalue weighted by molar-refractivity contribution is -0.286. The lowest BCUT2D eigenvalue weighted by atomic mass is 10.2. The molecule has 0 unspecified atom stereocenters. The highest BCUT2D eigenvalue weighted by Crippen LogP contribution is 2.42. The number of nitrogens with zero attached hydrogens (tertiary/aromatic N) is 1. The largest absolute Gasteiger partial charge is 0.586 e. The van der Waals surface area contributed by atoms with E-state index in [2.05, 4.69) is 24.8 Å². The van der Waals surface area contributed by atoms with E-state index in [1.807, 2.05) is 0 Å². The molecule has 0 aliphatic carbocycles. The van der Waals surface area contributed by atoms with Crippen LogP contribution in [0.4, 0.5) is 14.5 Å². The lowest BCUT2D eigenvalue weighted by Crippen LogP contribution is -2.25. The predicted molar refractivity (Wildman–Crippen MR) is 96.6 cm³/mol. The highest BCUT2D eigenvalue weighted by atomic mass is 19.3. The molecule has 0 saturated heterocycles. The van der Waals surface area contributed by atoms with Crippen LogP contribution in [0.1, 0.15) is 18.7 Å². The van der Waals surface area contributed by atoms with Crippen LogP contribution in [0.3, 0.4) is 0 Å². The Hall–Kier alpha value is -3.49. The molecule has 0 saturated carbocycles. The minimum Gasteiger partial charge on any atom is -0.395 e. The van der Waals surface area contributed by atoms with E-state index in [1.165, 1.54) is 18.2 Å². The molecule has 1 aliphatic heterocycles. The summed E-state index contributed by atoms with van der Waals surface area (Å²) in [6, 6.07) is 11.0. The molecule has 0 spiro atoms. The Morgan fingerprint density at radius 2 is 1.93 bits per heavy atom. The second kappa shape index (κ2) is 6.91. The molecule has 144 valence electrons. The zero-order valence-electron chi connectivity index (χ0n) is 14.5. The number of halogens is 2. The third-order valence-electron chi connectivity index (χ3n) is 4.16. The first kappa shape index (κ1) is 17.9. The molecule has 28 heavy (non-hydrogen) atoms. The fraction of sp³-hybridized carbons (Fsp3) is 0.211. The van der Waals surface area contributed by atoms with Gasteiger partial charge in [0.1, 0.15) is 5.82 Å². The number of para-hydroxylation sites is 1. The molecule has 7 nitrogen and oxygen atoms in total. The second-order valence-corrected chi connectivity index (χ2v) is 6.26. The summed E-state index contributed by atoms with van der Waals surface area (Å²) in [5.74, 6) is -0.0226. The quantitative estimate of drug-likeness (QED) is 0.701. The van der Waals surface area contributed by atoms with Gasteiger partial charge in [0.2, 0.25) is 5.91 Å². The molecule has 2 heterocycles. The second-order valence-electron chi connectivity index (χ2n) is 6.26. The summed E-state index contributed by atoms with van der Waals surface area (Å²) in [4.78, 5) is 31.2. The number of alkyl halides is 2. The molecule has 1 aromatic heterocycles. The van der Waals surface area contributed by atoms with Crippen LogP contribution in [0.15, 0.2) is 47.3 Å². The Morgan fingerprint density at radius 1 is 1.14 bits per heavy atom. The van der Waals surface area contributed by atoms with Gasteiger partial charge in [0, 0.05) is 24.6 Å². The van der Waals surface area contributed by atoms with E-state index in [9.17, 15) is 18.4 Å². The maximum Gasteiger partial charge on any atom is 0.586 e. The van der Waals surface area contributed by atoms with Crippen LogP contribution in [0.2, 0.25) is 0 Å². The fourth-order valence-corrected chi connectivity index (χ4v) is 2.92. The molecule has 1 aliphatic rings. The van der Waals surface area contributed by atoms with Crippen molar-refractivity contribution in [3.63, 3.8) is 0 Å². The number of benzene rings is 2. The van der Waals surface area contributed by atoms with Crippen molar-refractivity contribution in [2.75, 3.05) is 5.32 Å². The Bertz CT molecular complexity index is 1110. The number of hydrogen-bond acceptors (Lipinski definition) is 5. The Kier molecular flexibility index (Phi) is 4.42. The molecule has 0 atom stereocenters. The number of carbonyl (C=O) groups excluding carboxylic acids is 1. The van der Waals surface area contributed by atoms with Crippen LogP contribution in [0.25, 0.3) is 10.9 Å². The van der Waals surface area contributed by atoms with Gasteiger partial charge in [0.25, 0.3) is 5.56 Å². The minimum absolute atomic E-state index is 0.0886. The van der Waals surface area contributed by atoms with Gasteiger partial charge in [-0.2, -0.15) is 0 Å². The van der Waals surface area contributed by atoms with E-state index < -0.39 is 6.29 Å². The van der Waals surface area contributed by atoms with E-state index in [0.717, 1.165) is 0 Å². The van der Waals surface area contributed by atoms with Gasteiger partial charge in [-0.05, 0) is 30.7 Å². The van der Waals surface area contributed by atoms with Gasteiger partial charge >= 0.3 is 6.29 Å². The highest BCUT2D eigenvalue weighted by Gasteiger charge is 2.43. The number of fused-ring (bicyclic) bond motifs is 2. The number of carbonyl (C=O) groups is 1. The number of rotatable bonds is 5. The van der Waals surface area contributed by atoms with Crippen molar-refractivity contribution in [3.05, 3.63) is 58.6 Å². The summed E-state index contributed by atoms with van der Waals surface area (Å²) in [7, 11) is 0. The van der Waals surface area contributed by atoms with E-state index in [1.54, 1.807) is 24.3 Å². The Balaban J connectivity index is 1.34. The number of aryl methyl sites for hydroxylation is 1. The van der Waals surface area contributed by atoms with Crippen LogP contribution < -0.4 is 20.3 Å². The average Bonchev–Trinajstić information content (AvgIpc) is 2.95. The SMILES string of the molecule is O=C(CCCc1nc2ccccc2c(=O)[nH]1)Nc1ccc2c(c1)OC(F)(F)O2. The number of H-pyrrole nitrogens is 1. The van der Waals surface area contributed by atoms with Crippen LogP contribution in [0.5, 0.6) is 11.5 Å². The average molecular weight is 387 g/mol. The molecule has 3 aromatic rings. The van der Waals surface area contributed by atoms with Gasteiger partial charge in [-0.1, -0.05) is 12.1 Å². The Morgan fingerprint density at radius 3 is 2.79 bits per heavy atom. The monoisotopic (exact) mass is 387 g/mol. The molecule has 1 amide bonds. The van der Waals surface area contributed by atoms with Crippen LogP contribution >= 0.6 is 0 Å². The van der Waals surface area contributed by atoms with Crippen LogP contribution in [0, 0.1) is 0 Å². The van der Waals surface area contributed by atoms with Crippen molar-refractivity contribution in [1.82, 2.24) is 9.97 Å². The van der Waals surface area contributed by atoms with Crippen molar-refractivity contribution in [2.45, 2.75) is 25.6 Å². The summed E-state index contributed by atoms with van der Waals surface area (Å²) < 4.78 is 34.7. The number of hydrogen-bond donors (Lipinski definition) is 2. The third kappa shape index (κ3) is 3.78. The number of amides is 1. The van der Waals surface area contributed by atoms with Crippen molar-refractivity contribution in [1.29, 1.82) is 0 Å². The van der Waals surface area contributed by atoms with E-state index >= 15 is 0 Å². The number of aromatic nitrogens is 2. The standard InChI is InChI=1S/C19H15F2N3O4/c20-19(21)27-14-9-8-11(10-15(14)28-19)22-17(25)7-3-6-16-23-13-5-2-1-4-12(13)18(26)24-16/h1-2,4-5,8-10H,3,6-7H2,(H,22,25)(H,23,24,26). The molecular weight excluding hydrogens is 372 g/mol. The highest BCUT2D eigenvalue weighted by molar-refractivity contribution is 5.91. The summed E-state index contributed by atoms with van der Waals surface area (Å²) in [6.07, 6.45) is -2.66. The molecular formula is C19H15F2N3O4. The van der Waals surface area contributed by atoms with Crippen molar-refractivity contribution in [2.24, 2.45) is 0 Å². The third-order valence-corrected chi connectivity index (χ3v) is 4.16. The minimum atomic E-state index is -3.70. The maximum absolute atomic E-state index is 13.0. The van der Waals surface area contributed by atoms with Crippen LogP contribution in [-0.2, 0) is 11.2 Å². The summed E-state index contributed by atoms with van der Waals surface area (Å²) in [6.45, 7) is 0. The molecule has 2 N–H and O–H groups in total. The first-order valence-corrected chi connectivity index (χ1v) is 8.57. The molecule has 4 rings (SSSR count). The molecule has 0 radical (unpaired) electrons. The number of nitrogens with one attached hydrogen (secondary N) is 2. The Labute approximate surface area is 157 Å². The van der Waals surface area contributed by atoms with Gasteiger partial charge in [0.05, 0.1) is 10.9 Å². The van der Waals surface area contributed by atoms with Gasteiger partial charge in [-0.25, -0.2) is 4.98 Å². The number of anilines is 1. The number of aromatic amines is 1. The first-order valence-electron chi connectivity index (χ1n) is 8.57. The molecule has 9 heteroatoms. The summed E-state index contributed by atoms with van der Waals surface area (Å²) in [5, 5.41) is 3.13. The molecule has 2 aromatic carbocycles. The lowest BCUT2D eigenvalue weighted by Gasteiger charge is -2.06. The normalized spacial score (nSPS) is 14.2. The van der Waals surface area contributed by atoms with Gasteiger partial charge in [0.15, 0.2) is 11.5 Å². The maximum atomic E-state index is 13.0. The summed E-state index contributed by atoms with van der Waals surface area (Å²) in [5.41, 5.74) is 0.701. The number of ether oxygens (including phenoxy) is 2. The molecule has 0 bridgehead atoms. The van der Waals surface area contributed by atoms with Gasteiger partial charge in [-0.3, -0.25) is 9.59 Å². The van der Waals surface area contributed by atoms with Crippen molar-refractivity contribution < 1.29 is 23.0 Å². The first-order chi connectivity index (χ1) is 13.4. The molecule has 0 fully saturated rings. The van der Waals surface area contributed by atoms with Crippen molar-refractivity contribution >= 4 is 22.5 Å².